The molecule has 1 aromatic rings. The van der Waals surface area contributed by atoms with Crippen LogP contribution in [0.3, 0.4) is 0 Å². The molecule has 0 aliphatic carbocycles. The predicted octanol–water partition coefficient (Wildman–Crippen LogP) is 1.31. The Hall–Kier alpha value is -1.02. The molecular weight excluding hydrogens is 302 g/mol. The summed E-state index contributed by atoms with van der Waals surface area (Å²) in [7, 11) is 1.81. The molecule has 7 heteroatoms. The molecule has 1 atom stereocenters. The monoisotopic (exact) mass is 327 g/mol. The lowest BCUT2D eigenvalue weighted by atomic mass is 10.2. The van der Waals surface area contributed by atoms with E-state index >= 15 is 0 Å². The number of carbonyl (C=O) groups is 1. The summed E-state index contributed by atoms with van der Waals surface area (Å²) in [6.07, 6.45) is 2.24. The fraction of sp³-hybridized carbons (Fsp3) is 0.733. The van der Waals surface area contributed by atoms with E-state index in [1.807, 2.05) is 7.05 Å². The quantitative estimate of drug-likeness (QED) is 0.777. The van der Waals surface area contributed by atoms with Gasteiger partial charge in [-0.25, -0.2) is 4.98 Å². The zero-order valence-electron chi connectivity index (χ0n) is 13.3. The Morgan fingerprint density at radius 2 is 2.45 bits per heavy atom. The first kappa shape index (κ1) is 17.3. The maximum atomic E-state index is 10.7. The van der Waals surface area contributed by atoms with Gasteiger partial charge in [0.05, 0.1) is 30.0 Å². The molecule has 0 aromatic carbocycles. The second-order valence-corrected chi connectivity index (χ2v) is 6.74. The zero-order chi connectivity index (χ0) is 15.9. The lowest BCUT2D eigenvalue weighted by molar-refractivity contribution is -0.138. The van der Waals surface area contributed by atoms with Crippen LogP contribution in [0.25, 0.3) is 0 Å². The zero-order valence-corrected chi connectivity index (χ0v) is 14.1. The van der Waals surface area contributed by atoms with Gasteiger partial charge in [-0.3, -0.25) is 14.6 Å². The number of morpholine rings is 1. The summed E-state index contributed by atoms with van der Waals surface area (Å²) in [5, 5.41) is 12.2. The Kier molecular flexibility index (Phi) is 6.75. The van der Waals surface area contributed by atoms with Crippen molar-refractivity contribution >= 4 is 17.3 Å². The Balaban J connectivity index is 1.80. The maximum absolute atomic E-state index is 10.7. The number of likely N-dealkylation sites (N-methyl/N-ethyl adjacent to an activating group) is 1. The summed E-state index contributed by atoms with van der Waals surface area (Å²) >= 11 is 1.74. The molecule has 0 saturated carbocycles. The number of aromatic nitrogens is 1. The molecule has 124 valence electrons. The Morgan fingerprint density at radius 3 is 3.18 bits per heavy atom. The van der Waals surface area contributed by atoms with Crippen molar-refractivity contribution in [1.29, 1.82) is 0 Å². The van der Waals surface area contributed by atoms with Gasteiger partial charge in [-0.05, 0) is 19.9 Å². The van der Waals surface area contributed by atoms with Crippen molar-refractivity contribution in [3.05, 3.63) is 16.1 Å². The molecule has 6 nitrogen and oxygen atoms in total. The highest BCUT2D eigenvalue weighted by molar-refractivity contribution is 7.09. The molecule has 1 saturated heterocycles. The number of rotatable bonds is 8. The van der Waals surface area contributed by atoms with E-state index in [0.29, 0.717) is 13.2 Å². The number of carboxylic acids is 1. The highest BCUT2D eigenvalue weighted by Crippen LogP contribution is 2.15. The fourth-order valence-corrected chi connectivity index (χ4v) is 3.55. The average Bonchev–Trinajstić information content (AvgIpc) is 2.86. The molecule has 2 rings (SSSR count). The van der Waals surface area contributed by atoms with E-state index in [2.05, 4.69) is 22.2 Å². The third-order valence-electron chi connectivity index (χ3n) is 3.59. The van der Waals surface area contributed by atoms with E-state index in [-0.39, 0.29) is 12.6 Å². The molecule has 2 heterocycles. The van der Waals surface area contributed by atoms with Crippen molar-refractivity contribution in [2.24, 2.45) is 0 Å². The van der Waals surface area contributed by atoms with Crippen LogP contribution in [0.5, 0.6) is 0 Å². The summed E-state index contributed by atoms with van der Waals surface area (Å²) in [4.78, 5) is 19.5. The lowest BCUT2D eigenvalue weighted by Crippen LogP contribution is -2.47. The fourth-order valence-electron chi connectivity index (χ4n) is 2.66. The number of hydrogen-bond donors (Lipinski definition) is 1. The first-order valence-corrected chi connectivity index (χ1v) is 8.62. The van der Waals surface area contributed by atoms with Gasteiger partial charge in [0.15, 0.2) is 0 Å². The van der Waals surface area contributed by atoms with Gasteiger partial charge in [-0.1, -0.05) is 6.92 Å². The van der Waals surface area contributed by atoms with Crippen LogP contribution in [0.1, 0.15) is 24.0 Å². The molecule has 0 bridgehead atoms. The molecule has 1 fully saturated rings. The van der Waals surface area contributed by atoms with Gasteiger partial charge in [-0.15, -0.1) is 11.3 Å². The standard InChI is InChI=1S/C15H25N3O3S/c1-3-4-14-16-12(11-22-14)7-18-5-6-21-13(9-18)8-17(2)10-15(19)20/h11,13H,3-10H2,1-2H3,(H,19,20). The van der Waals surface area contributed by atoms with Crippen molar-refractivity contribution in [3.63, 3.8) is 0 Å². The molecule has 1 aliphatic heterocycles. The summed E-state index contributed by atoms with van der Waals surface area (Å²) in [6, 6.07) is 0. The Morgan fingerprint density at radius 1 is 1.64 bits per heavy atom. The van der Waals surface area contributed by atoms with Crippen LogP contribution in [0, 0.1) is 0 Å². The number of nitrogens with zero attached hydrogens (tertiary/aromatic N) is 3. The van der Waals surface area contributed by atoms with E-state index in [1.165, 1.54) is 5.01 Å². The van der Waals surface area contributed by atoms with Gasteiger partial charge in [0.2, 0.25) is 0 Å². The minimum Gasteiger partial charge on any atom is -0.480 e. The molecule has 0 radical (unpaired) electrons. The molecule has 22 heavy (non-hydrogen) atoms. The number of ether oxygens (including phenoxy) is 1. The number of carboxylic acid groups (broad SMARTS) is 1. The van der Waals surface area contributed by atoms with Gasteiger partial charge in [0.1, 0.15) is 0 Å². The first-order chi connectivity index (χ1) is 10.6. The molecule has 1 unspecified atom stereocenters. The third-order valence-corrected chi connectivity index (χ3v) is 4.55. The van der Waals surface area contributed by atoms with Gasteiger partial charge in [0, 0.05) is 31.6 Å². The topological polar surface area (TPSA) is 65.9 Å². The summed E-state index contributed by atoms with van der Waals surface area (Å²) in [5.74, 6) is -0.805. The number of aliphatic carboxylic acids is 1. The van der Waals surface area contributed by atoms with Gasteiger partial charge >= 0.3 is 5.97 Å². The molecular formula is C15H25N3O3S. The second-order valence-electron chi connectivity index (χ2n) is 5.80. The van der Waals surface area contributed by atoms with Crippen LogP contribution >= 0.6 is 11.3 Å². The molecule has 1 aliphatic rings. The van der Waals surface area contributed by atoms with Gasteiger partial charge < -0.3 is 9.84 Å². The number of thiazole rings is 1. The summed E-state index contributed by atoms with van der Waals surface area (Å²) < 4.78 is 5.75. The first-order valence-electron chi connectivity index (χ1n) is 7.74. The molecule has 1 aromatic heterocycles. The minimum atomic E-state index is -0.805. The average molecular weight is 327 g/mol. The SMILES string of the molecule is CCCc1nc(CN2CCOC(CN(C)CC(=O)O)C2)cs1. The van der Waals surface area contributed by atoms with Crippen molar-refractivity contribution in [2.75, 3.05) is 39.8 Å². The van der Waals surface area contributed by atoms with Crippen LogP contribution < -0.4 is 0 Å². The lowest BCUT2D eigenvalue weighted by Gasteiger charge is -2.34. The van der Waals surface area contributed by atoms with Crippen LogP contribution in [0.2, 0.25) is 0 Å². The third kappa shape index (κ3) is 5.64. The normalized spacial score (nSPS) is 19.7. The molecule has 1 N–H and O–H groups in total. The largest absolute Gasteiger partial charge is 0.480 e. The van der Waals surface area contributed by atoms with Crippen molar-refractivity contribution in [3.8, 4) is 0 Å². The maximum Gasteiger partial charge on any atom is 0.317 e. The number of hydrogen-bond acceptors (Lipinski definition) is 6. The van der Waals surface area contributed by atoms with E-state index in [4.69, 9.17) is 9.84 Å². The van der Waals surface area contributed by atoms with Crippen LogP contribution in [0.4, 0.5) is 0 Å². The van der Waals surface area contributed by atoms with Crippen LogP contribution in [0.15, 0.2) is 5.38 Å². The summed E-state index contributed by atoms with van der Waals surface area (Å²) in [6.45, 7) is 6.12. The van der Waals surface area contributed by atoms with Crippen molar-refractivity contribution in [1.82, 2.24) is 14.8 Å². The van der Waals surface area contributed by atoms with Crippen LogP contribution in [-0.2, 0) is 22.5 Å². The smallest absolute Gasteiger partial charge is 0.317 e. The van der Waals surface area contributed by atoms with Gasteiger partial charge in [0.25, 0.3) is 0 Å². The van der Waals surface area contributed by atoms with Gasteiger partial charge in [-0.2, -0.15) is 0 Å². The van der Waals surface area contributed by atoms with Crippen molar-refractivity contribution < 1.29 is 14.6 Å². The van der Waals surface area contributed by atoms with E-state index in [9.17, 15) is 4.79 Å². The van der Waals surface area contributed by atoms with E-state index < -0.39 is 5.97 Å². The number of aryl methyl sites for hydroxylation is 1. The minimum absolute atomic E-state index is 0.0479. The summed E-state index contributed by atoms with van der Waals surface area (Å²) in [5.41, 5.74) is 1.13. The van der Waals surface area contributed by atoms with E-state index in [1.54, 1.807) is 16.2 Å². The van der Waals surface area contributed by atoms with E-state index in [0.717, 1.165) is 38.2 Å². The van der Waals surface area contributed by atoms with Crippen molar-refractivity contribution in [2.45, 2.75) is 32.4 Å². The molecule has 0 amide bonds. The highest BCUT2D eigenvalue weighted by Gasteiger charge is 2.23. The van der Waals surface area contributed by atoms with Crippen LogP contribution in [-0.4, -0.2) is 71.8 Å². The Labute approximate surface area is 135 Å². The molecule has 0 spiro atoms. The highest BCUT2D eigenvalue weighted by atomic mass is 32.1. The Bertz CT molecular complexity index is 480. The predicted molar refractivity (Wildman–Crippen MR) is 86.3 cm³/mol. The second kappa shape index (κ2) is 8.57.